The second-order valence-corrected chi connectivity index (χ2v) is 5.00. The van der Waals surface area contributed by atoms with Crippen molar-refractivity contribution in [3.8, 4) is 11.5 Å². The maximum Gasteiger partial charge on any atom is 0.224 e. The highest BCUT2D eigenvalue weighted by atomic mass is 16.5. The third-order valence-corrected chi connectivity index (χ3v) is 3.14. The van der Waals surface area contributed by atoms with Gasteiger partial charge < -0.3 is 20.5 Å². The summed E-state index contributed by atoms with van der Waals surface area (Å²) in [5.41, 5.74) is 5.69. The van der Waals surface area contributed by atoms with E-state index in [-0.39, 0.29) is 24.0 Å². The van der Waals surface area contributed by atoms with E-state index in [1.54, 1.807) is 7.11 Å². The lowest BCUT2D eigenvalue weighted by molar-refractivity contribution is -0.125. The van der Waals surface area contributed by atoms with Crippen LogP contribution in [0.1, 0.15) is 20.8 Å². The summed E-state index contributed by atoms with van der Waals surface area (Å²) < 4.78 is 10.9. The Bertz CT molecular complexity index is 435. The van der Waals surface area contributed by atoms with Crippen molar-refractivity contribution in [2.45, 2.75) is 32.9 Å². The van der Waals surface area contributed by atoms with Gasteiger partial charge in [0.2, 0.25) is 5.91 Å². The Balaban J connectivity index is 2.43. The number of amides is 1. The fourth-order valence-electron chi connectivity index (χ4n) is 1.59. The minimum absolute atomic E-state index is 0.0545. The largest absolute Gasteiger partial charge is 0.497 e. The molecule has 3 N–H and O–H groups in total. The number of carbonyl (C=O) groups excluding carboxylic acids is 1. The Morgan fingerprint density at radius 3 is 2.55 bits per heavy atom. The average Bonchev–Trinajstić information content (AvgIpc) is 2.43. The van der Waals surface area contributed by atoms with Gasteiger partial charge in [0.25, 0.3) is 0 Å². The molecule has 0 spiro atoms. The monoisotopic (exact) mass is 280 g/mol. The minimum Gasteiger partial charge on any atom is -0.497 e. The zero-order valence-corrected chi connectivity index (χ0v) is 12.6. The third-order valence-electron chi connectivity index (χ3n) is 3.14. The van der Waals surface area contributed by atoms with Gasteiger partial charge in [-0.05, 0) is 26.0 Å². The second kappa shape index (κ2) is 7.75. The van der Waals surface area contributed by atoms with Crippen LogP contribution in [0.5, 0.6) is 11.5 Å². The van der Waals surface area contributed by atoms with E-state index in [9.17, 15) is 4.79 Å². The van der Waals surface area contributed by atoms with E-state index in [1.807, 2.05) is 45.0 Å². The van der Waals surface area contributed by atoms with Crippen molar-refractivity contribution in [1.82, 2.24) is 5.32 Å². The van der Waals surface area contributed by atoms with Crippen LogP contribution >= 0.6 is 0 Å². The molecule has 0 bridgehead atoms. The first-order valence-electron chi connectivity index (χ1n) is 6.78. The first-order valence-corrected chi connectivity index (χ1v) is 6.78. The Hall–Kier alpha value is -1.75. The van der Waals surface area contributed by atoms with Gasteiger partial charge in [0.15, 0.2) is 0 Å². The summed E-state index contributed by atoms with van der Waals surface area (Å²) >= 11 is 0. The van der Waals surface area contributed by atoms with Crippen molar-refractivity contribution >= 4 is 5.91 Å². The van der Waals surface area contributed by atoms with Crippen LogP contribution in [0.4, 0.5) is 0 Å². The predicted octanol–water partition coefficient (Wildman–Crippen LogP) is 1.56. The van der Waals surface area contributed by atoms with Crippen LogP contribution in [0.25, 0.3) is 0 Å². The number of nitrogens with one attached hydrogen (secondary N) is 1. The molecule has 0 heterocycles. The fourth-order valence-corrected chi connectivity index (χ4v) is 1.59. The molecule has 0 saturated carbocycles. The van der Waals surface area contributed by atoms with Gasteiger partial charge in [-0.1, -0.05) is 13.0 Å². The highest BCUT2D eigenvalue weighted by Crippen LogP contribution is 2.19. The molecule has 1 amide bonds. The highest BCUT2D eigenvalue weighted by molar-refractivity contribution is 5.78. The fraction of sp³-hybridized carbons (Fsp3) is 0.533. The maximum absolute atomic E-state index is 11.8. The molecule has 3 unspecified atom stereocenters. The van der Waals surface area contributed by atoms with Gasteiger partial charge in [-0.15, -0.1) is 0 Å². The number of benzene rings is 1. The van der Waals surface area contributed by atoms with E-state index in [1.165, 1.54) is 0 Å². The lowest BCUT2D eigenvalue weighted by atomic mass is 10.0. The van der Waals surface area contributed by atoms with Gasteiger partial charge in [0, 0.05) is 18.0 Å². The van der Waals surface area contributed by atoms with Gasteiger partial charge in [-0.3, -0.25) is 4.79 Å². The summed E-state index contributed by atoms with van der Waals surface area (Å²) in [6.45, 7) is 5.97. The molecule has 20 heavy (non-hydrogen) atoms. The molecular formula is C15H24N2O3. The Kier molecular flexibility index (Phi) is 6.31. The van der Waals surface area contributed by atoms with E-state index in [4.69, 9.17) is 15.2 Å². The van der Waals surface area contributed by atoms with Crippen LogP contribution in [0.15, 0.2) is 24.3 Å². The second-order valence-electron chi connectivity index (χ2n) is 5.00. The number of carbonyl (C=O) groups is 1. The molecule has 1 aromatic carbocycles. The Morgan fingerprint density at radius 1 is 1.30 bits per heavy atom. The molecule has 0 aliphatic carbocycles. The summed E-state index contributed by atoms with van der Waals surface area (Å²) in [6.07, 6.45) is -0.133. The van der Waals surface area contributed by atoms with E-state index in [0.717, 1.165) is 5.75 Å². The summed E-state index contributed by atoms with van der Waals surface area (Å²) in [5.74, 6) is 1.19. The van der Waals surface area contributed by atoms with Crippen molar-refractivity contribution in [1.29, 1.82) is 0 Å². The number of ether oxygens (including phenoxy) is 2. The molecule has 112 valence electrons. The lowest BCUT2D eigenvalue weighted by Gasteiger charge is -2.19. The van der Waals surface area contributed by atoms with Gasteiger partial charge in [0.1, 0.15) is 17.6 Å². The molecule has 1 rings (SSSR count). The van der Waals surface area contributed by atoms with Crippen LogP contribution in [0, 0.1) is 5.92 Å². The van der Waals surface area contributed by atoms with Gasteiger partial charge in [-0.2, -0.15) is 0 Å². The zero-order valence-electron chi connectivity index (χ0n) is 12.6. The summed E-state index contributed by atoms with van der Waals surface area (Å²) in [7, 11) is 1.61. The smallest absolute Gasteiger partial charge is 0.224 e. The van der Waals surface area contributed by atoms with E-state index in [2.05, 4.69) is 5.32 Å². The van der Waals surface area contributed by atoms with E-state index < -0.39 is 0 Å². The molecule has 0 radical (unpaired) electrons. The highest BCUT2D eigenvalue weighted by Gasteiger charge is 2.17. The van der Waals surface area contributed by atoms with Crippen molar-refractivity contribution < 1.29 is 14.3 Å². The Morgan fingerprint density at radius 2 is 1.95 bits per heavy atom. The molecule has 0 aromatic heterocycles. The number of rotatable bonds is 7. The molecule has 0 aliphatic heterocycles. The summed E-state index contributed by atoms with van der Waals surface area (Å²) in [4.78, 5) is 11.8. The molecule has 0 aliphatic rings. The van der Waals surface area contributed by atoms with Gasteiger partial charge in [-0.25, -0.2) is 0 Å². The van der Waals surface area contributed by atoms with Crippen LogP contribution in [0.2, 0.25) is 0 Å². The summed E-state index contributed by atoms with van der Waals surface area (Å²) in [5, 5.41) is 2.84. The van der Waals surface area contributed by atoms with E-state index >= 15 is 0 Å². The third kappa shape index (κ3) is 5.09. The van der Waals surface area contributed by atoms with Gasteiger partial charge in [0.05, 0.1) is 13.7 Å². The average molecular weight is 280 g/mol. The summed E-state index contributed by atoms with van der Waals surface area (Å²) in [6, 6.07) is 7.21. The van der Waals surface area contributed by atoms with Crippen molar-refractivity contribution in [3.05, 3.63) is 24.3 Å². The number of methoxy groups -OCH3 is 1. The maximum atomic E-state index is 11.8. The topological polar surface area (TPSA) is 73.6 Å². The molecule has 0 fully saturated rings. The molecule has 3 atom stereocenters. The van der Waals surface area contributed by atoms with Gasteiger partial charge >= 0.3 is 0 Å². The van der Waals surface area contributed by atoms with Crippen LogP contribution in [0.3, 0.4) is 0 Å². The van der Waals surface area contributed by atoms with Crippen molar-refractivity contribution in [2.75, 3.05) is 13.7 Å². The molecule has 5 heteroatoms. The quantitative estimate of drug-likeness (QED) is 0.795. The first kappa shape index (κ1) is 16.3. The standard InChI is InChI=1S/C15H24N2O3/c1-10(9-17-15(18)11(2)12(3)16)20-14-7-5-6-13(8-14)19-4/h5-8,10-12H,9,16H2,1-4H3,(H,17,18). The first-order chi connectivity index (χ1) is 9.43. The molecule has 5 nitrogen and oxygen atoms in total. The van der Waals surface area contributed by atoms with Crippen molar-refractivity contribution in [2.24, 2.45) is 11.7 Å². The van der Waals surface area contributed by atoms with Crippen LogP contribution in [-0.4, -0.2) is 31.7 Å². The number of hydrogen-bond donors (Lipinski definition) is 2. The van der Waals surface area contributed by atoms with Crippen LogP contribution in [-0.2, 0) is 4.79 Å². The lowest BCUT2D eigenvalue weighted by Crippen LogP contribution is -2.42. The van der Waals surface area contributed by atoms with Crippen LogP contribution < -0.4 is 20.5 Å². The van der Waals surface area contributed by atoms with Crippen molar-refractivity contribution in [3.63, 3.8) is 0 Å². The normalized spacial score (nSPS) is 15.1. The minimum atomic E-state index is -0.209. The number of hydrogen-bond acceptors (Lipinski definition) is 4. The SMILES string of the molecule is COc1cccc(OC(C)CNC(=O)C(C)C(C)N)c1. The van der Waals surface area contributed by atoms with E-state index in [0.29, 0.717) is 12.3 Å². The molecule has 1 aromatic rings. The molecular weight excluding hydrogens is 256 g/mol. The predicted molar refractivity (Wildman–Crippen MR) is 78.9 cm³/mol. The zero-order chi connectivity index (χ0) is 15.1. The Labute approximate surface area is 120 Å². The molecule has 0 saturated heterocycles. The number of nitrogens with two attached hydrogens (primary N) is 1.